The van der Waals surface area contributed by atoms with Crippen molar-refractivity contribution < 1.29 is 14.7 Å². The van der Waals surface area contributed by atoms with Crippen LogP contribution in [-0.2, 0) is 9.59 Å². The molecule has 1 rings (SSSR count). The highest BCUT2D eigenvalue weighted by Gasteiger charge is 2.45. The molecule has 1 fully saturated rings. The number of aliphatic hydroxyl groups excluding tert-OH is 1. The van der Waals surface area contributed by atoms with Crippen LogP contribution in [0.1, 0.15) is 66.2 Å². The number of carbonyl (C=O) groups is 2. The molecule has 1 aliphatic rings. The topological polar surface area (TPSA) is 108 Å². The van der Waals surface area contributed by atoms with Crippen molar-refractivity contribution in [1.82, 2.24) is 15.6 Å². The van der Waals surface area contributed by atoms with Gasteiger partial charge < -0.3 is 10.4 Å². The van der Waals surface area contributed by atoms with Gasteiger partial charge in [-0.3, -0.25) is 19.9 Å². The van der Waals surface area contributed by atoms with E-state index >= 15 is 0 Å². The van der Waals surface area contributed by atoms with E-state index in [1.54, 1.807) is 0 Å². The van der Waals surface area contributed by atoms with Crippen LogP contribution in [0.25, 0.3) is 0 Å². The van der Waals surface area contributed by atoms with E-state index in [1.165, 1.54) is 0 Å². The average Bonchev–Trinajstić information content (AvgIpc) is 2.46. The number of nitrogens with zero attached hydrogens (tertiary/aromatic N) is 1. The van der Waals surface area contributed by atoms with Crippen LogP contribution in [0.4, 0.5) is 0 Å². The minimum atomic E-state index is -0.199. The summed E-state index contributed by atoms with van der Waals surface area (Å²) in [7, 11) is 0. The van der Waals surface area contributed by atoms with E-state index in [4.69, 9.17) is 5.84 Å². The highest BCUT2D eigenvalue weighted by Crippen LogP contribution is 2.38. The smallest absolute Gasteiger partial charge is 0.233 e. The Kier molecular flexibility index (Phi) is 7.63. The molecule has 0 atom stereocenters. The number of β-amino-alcohol motifs (C(OH)–C–C–N with tert-alkyl or cyclic N) is 1. The minimum Gasteiger partial charge on any atom is -0.395 e. The van der Waals surface area contributed by atoms with E-state index in [1.807, 2.05) is 0 Å². The summed E-state index contributed by atoms with van der Waals surface area (Å²) in [6.45, 7) is 9.43. The summed E-state index contributed by atoms with van der Waals surface area (Å²) in [6.07, 6.45) is 3.83. The second-order valence-corrected chi connectivity index (χ2v) is 7.95. The molecule has 0 radical (unpaired) electrons. The van der Waals surface area contributed by atoms with Crippen LogP contribution in [0.5, 0.6) is 0 Å². The zero-order valence-electron chi connectivity index (χ0n) is 15.5. The van der Waals surface area contributed by atoms with Crippen molar-refractivity contribution in [3.63, 3.8) is 0 Å². The maximum atomic E-state index is 12.2. The third-order valence-electron chi connectivity index (χ3n) is 4.86. The molecule has 1 heterocycles. The molecule has 0 bridgehead atoms. The number of aliphatic hydroxyl groups is 1. The van der Waals surface area contributed by atoms with Crippen molar-refractivity contribution in [3.8, 4) is 0 Å². The van der Waals surface area contributed by atoms with Gasteiger partial charge in [0.2, 0.25) is 11.8 Å². The van der Waals surface area contributed by atoms with Gasteiger partial charge in [-0.15, -0.1) is 0 Å². The Morgan fingerprint density at radius 3 is 2.04 bits per heavy atom. The summed E-state index contributed by atoms with van der Waals surface area (Å²) in [5.41, 5.74) is 1.93. The lowest BCUT2D eigenvalue weighted by Gasteiger charge is -2.55. The maximum Gasteiger partial charge on any atom is 0.233 e. The van der Waals surface area contributed by atoms with Crippen LogP contribution in [0, 0.1) is 0 Å². The molecule has 2 amide bonds. The van der Waals surface area contributed by atoms with Gasteiger partial charge in [0.25, 0.3) is 0 Å². The third-order valence-corrected chi connectivity index (χ3v) is 4.86. The summed E-state index contributed by atoms with van der Waals surface area (Å²) >= 11 is 0. The Morgan fingerprint density at radius 2 is 1.58 bits per heavy atom. The molecule has 1 aliphatic heterocycles. The van der Waals surface area contributed by atoms with Gasteiger partial charge in [0.05, 0.1) is 6.61 Å². The van der Waals surface area contributed by atoms with E-state index in [-0.39, 0.29) is 35.5 Å². The van der Waals surface area contributed by atoms with E-state index in [9.17, 15) is 14.7 Å². The number of amides is 2. The Morgan fingerprint density at radius 1 is 1.08 bits per heavy atom. The van der Waals surface area contributed by atoms with Gasteiger partial charge in [0.15, 0.2) is 0 Å². The van der Waals surface area contributed by atoms with Crippen LogP contribution in [0.3, 0.4) is 0 Å². The van der Waals surface area contributed by atoms with Crippen molar-refractivity contribution in [2.45, 2.75) is 83.3 Å². The maximum absolute atomic E-state index is 12.2. The van der Waals surface area contributed by atoms with Crippen molar-refractivity contribution in [1.29, 1.82) is 0 Å². The predicted molar refractivity (Wildman–Crippen MR) is 93.9 cm³/mol. The fourth-order valence-corrected chi connectivity index (χ4v) is 4.07. The van der Waals surface area contributed by atoms with E-state index in [0.717, 1.165) is 12.8 Å². The van der Waals surface area contributed by atoms with Crippen LogP contribution < -0.4 is 16.6 Å². The Labute approximate surface area is 145 Å². The summed E-state index contributed by atoms with van der Waals surface area (Å²) in [4.78, 5) is 25.5. The van der Waals surface area contributed by atoms with Crippen molar-refractivity contribution in [2.24, 2.45) is 5.84 Å². The first-order valence-corrected chi connectivity index (χ1v) is 8.80. The first kappa shape index (κ1) is 20.9. The lowest BCUT2D eigenvalue weighted by molar-refractivity contribution is -0.124. The number of hydrogen-bond donors (Lipinski definition) is 4. The van der Waals surface area contributed by atoms with Gasteiger partial charge in [-0.25, -0.2) is 5.84 Å². The molecule has 1 saturated heterocycles. The molecule has 0 aromatic rings. The number of piperidine rings is 1. The lowest BCUT2D eigenvalue weighted by atomic mass is 9.77. The predicted octanol–water partition coefficient (Wildman–Crippen LogP) is 0.667. The number of hydrogen-bond acceptors (Lipinski definition) is 5. The van der Waals surface area contributed by atoms with Crippen molar-refractivity contribution >= 4 is 11.8 Å². The zero-order chi connectivity index (χ0) is 18.4. The van der Waals surface area contributed by atoms with Crippen LogP contribution in [0.2, 0.25) is 0 Å². The van der Waals surface area contributed by atoms with Gasteiger partial charge >= 0.3 is 0 Å². The summed E-state index contributed by atoms with van der Waals surface area (Å²) < 4.78 is 0. The highest BCUT2D eigenvalue weighted by molar-refractivity contribution is 5.77. The SMILES string of the molecule is CC1(C)CC(NC(=O)CCCCC(=O)NN)CC(C)(C)N1CCO. The second-order valence-electron chi connectivity index (χ2n) is 7.95. The van der Waals surface area contributed by atoms with Gasteiger partial charge in [-0.2, -0.15) is 0 Å². The first-order chi connectivity index (χ1) is 11.1. The highest BCUT2D eigenvalue weighted by atomic mass is 16.3. The lowest BCUT2D eigenvalue weighted by Crippen LogP contribution is -2.64. The number of rotatable bonds is 8. The monoisotopic (exact) mass is 342 g/mol. The van der Waals surface area contributed by atoms with Crippen LogP contribution >= 0.6 is 0 Å². The number of unbranched alkanes of at least 4 members (excludes halogenated alkanes) is 1. The Hall–Kier alpha value is -1.18. The molecule has 5 N–H and O–H groups in total. The van der Waals surface area contributed by atoms with Gasteiger partial charge in [-0.05, 0) is 53.4 Å². The molecule has 24 heavy (non-hydrogen) atoms. The number of nitrogens with one attached hydrogen (secondary N) is 2. The summed E-state index contributed by atoms with van der Waals surface area (Å²) in [6, 6.07) is 0.129. The third kappa shape index (κ3) is 6.03. The van der Waals surface area contributed by atoms with Crippen molar-refractivity contribution in [3.05, 3.63) is 0 Å². The minimum absolute atomic E-state index is 0.0374. The molecule has 7 heteroatoms. The number of nitrogens with two attached hydrogens (primary N) is 1. The fraction of sp³-hybridized carbons (Fsp3) is 0.882. The average molecular weight is 342 g/mol. The molecular formula is C17H34N4O3. The molecule has 0 aromatic heterocycles. The van der Waals surface area contributed by atoms with Crippen LogP contribution in [-0.4, -0.2) is 52.1 Å². The molecule has 0 aromatic carbocycles. The molecule has 140 valence electrons. The first-order valence-electron chi connectivity index (χ1n) is 8.80. The second kappa shape index (κ2) is 8.78. The van der Waals surface area contributed by atoms with Gasteiger partial charge in [0, 0.05) is 36.5 Å². The molecule has 0 unspecified atom stereocenters. The molecule has 0 saturated carbocycles. The molecule has 0 spiro atoms. The van der Waals surface area contributed by atoms with Gasteiger partial charge in [-0.1, -0.05) is 0 Å². The van der Waals surface area contributed by atoms with E-state index in [0.29, 0.717) is 32.2 Å². The summed E-state index contributed by atoms with van der Waals surface area (Å²) in [5.74, 6) is 4.86. The van der Waals surface area contributed by atoms with E-state index in [2.05, 4.69) is 43.3 Å². The molecule has 7 nitrogen and oxygen atoms in total. The normalized spacial score (nSPS) is 20.6. The standard InChI is InChI=1S/C17H34N4O3/c1-16(2)11-13(12-17(3,4)21(16)9-10-22)19-14(23)7-5-6-8-15(24)20-18/h13,22H,5-12,18H2,1-4H3,(H,19,23)(H,20,24). The quantitative estimate of drug-likeness (QED) is 0.224. The Balaban J connectivity index is 2.48. The number of likely N-dealkylation sites (tertiary alicyclic amines) is 1. The number of carbonyl (C=O) groups excluding carboxylic acids is 2. The fourth-order valence-electron chi connectivity index (χ4n) is 4.07. The summed E-state index contributed by atoms with van der Waals surface area (Å²) in [5, 5.41) is 12.5. The Bertz CT molecular complexity index is 420. The molecular weight excluding hydrogens is 308 g/mol. The van der Waals surface area contributed by atoms with Gasteiger partial charge in [0.1, 0.15) is 0 Å². The zero-order valence-corrected chi connectivity index (χ0v) is 15.5. The van der Waals surface area contributed by atoms with Crippen LogP contribution in [0.15, 0.2) is 0 Å². The molecule has 0 aliphatic carbocycles. The largest absolute Gasteiger partial charge is 0.395 e. The number of hydrazine groups is 1. The van der Waals surface area contributed by atoms with E-state index < -0.39 is 0 Å². The van der Waals surface area contributed by atoms with Crippen molar-refractivity contribution in [2.75, 3.05) is 13.2 Å².